The van der Waals surface area contributed by atoms with E-state index in [0.717, 1.165) is 5.56 Å². The number of aliphatic hydroxyl groups is 1. The van der Waals surface area contributed by atoms with Crippen LogP contribution in [0.25, 0.3) is 0 Å². The molecule has 128 valence electrons. The molecule has 0 fully saturated rings. The Bertz CT molecular complexity index is 877. The van der Waals surface area contributed by atoms with Crippen LogP contribution in [0, 0.1) is 6.92 Å². The van der Waals surface area contributed by atoms with E-state index in [1.807, 2.05) is 6.92 Å². The number of hydrogen-bond acceptors (Lipinski definition) is 4. The molecule has 0 spiro atoms. The highest BCUT2D eigenvalue weighted by atomic mass is 35.5. The van der Waals surface area contributed by atoms with E-state index < -0.39 is 17.7 Å². The molecule has 1 aromatic carbocycles. The Kier molecular flexibility index (Phi) is 4.59. The number of aromatic nitrogens is 1. The average Bonchev–Trinajstić information content (AvgIpc) is 2.89. The molecule has 1 atom stereocenters. The van der Waals surface area contributed by atoms with E-state index in [-0.39, 0.29) is 17.8 Å². The van der Waals surface area contributed by atoms with Crippen LogP contribution in [0.4, 0.5) is 5.69 Å². The summed E-state index contributed by atoms with van der Waals surface area (Å²) in [6, 6.07) is 7.97. The lowest BCUT2D eigenvalue weighted by Crippen LogP contribution is -2.31. The molecule has 0 saturated heterocycles. The van der Waals surface area contributed by atoms with E-state index >= 15 is 0 Å². The molecule has 5 nitrogen and oxygen atoms in total. The van der Waals surface area contributed by atoms with Crippen LogP contribution in [0.2, 0.25) is 5.02 Å². The number of anilines is 1. The molecule has 0 radical (unpaired) electrons. The Hall–Kier alpha value is -2.66. The molecule has 0 saturated carbocycles. The minimum atomic E-state index is -0.729. The lowest BCUT2D eigenvalue weighted by molar-refractivity contribution is -0.118. The lowest BCUT2D eigenvalue weighted by Gasteiger charge is -2.27. The van der Waals surface area contributed by atoms with Crippen molar-refractivity contribution in [3.8, 4) is 0 Å². The average molecular weight is 357 g/mol. The minimum Gasteiger partial charge on any atom is -0.503 e. The third-order valence-corrected chi connectivity index (χ3v) is 4.67. The third-order valence-electron chi connectivity index (χ3n) is 4.26. The number of rotatable bonds is 4. The zero-order chi connectivity index (χ0) is 18.1. The zero-order valence-corrected chi connectivity index (χ0v) is 14.6. The summed E-state index contributed by atoms with van der Waals surface area (Å²) in [7, 11) is 0. The number of ketones is 1. The van der Waals surface area contributed by atoms with Crippen molar-refractivity contribution < 1.29 is 14.7 Å². The predicted octanol–water partition coefficient (Wildman–Crippen LogP) is 3.92. The summed E-state index contributed by atoms with van der Waals surface area (Å²) in [5, 5.41) is 10.9. The maximum Gasteiger partial charge on any atom is 0.294 e. The van der Waals surface area contributed by atoms with Gasteiger partial charge in [0.2, 0.25) is 0 Å². The Morgan fingerprint density at radius 2 is 2.12 bits per heavy atom. The number of halogens is 1. The molecule has 1 aliphatic rings. The van der Waals surface area contributed by atoms with Crippen molar-refractivity contribution in [1.29, 1.82) is 0 Å². The summed E-state index contributed by atoms with van der Waals surface area (Å²) in [6.45, 7) is 3.55. The second-order valence-corrected chi connectivity index (χ2v) is 6.24. The minimum absolute atomic E-state index is 0.0946. The van der Waals surface area contributed by atoms with Gasteiger partial charge < -0.3 is 5.11 Å². The monoisotopic (exact) mass is 356 g/mol. The highest BCUT2D eigenvalue weighted by Gasteiger charge is 2.44. The molecular weight excluding hydrogens is 340 g/mol. The SMILES string of the molecule is CCC(=O)C1=C(O)C(=O)N(c2ccc(C)c(Cl)c2)C1c1cccnc1. The number of benzene rings is 1. The number of nitrogens with zero attached hydrogens (tertiary/aromatic N) is 2. The van der Waals surface area contributed by atoms with Crippen LogP contribution in [-0.4, -0.2) is 21.8 Å². The van der Waals surface area contributed by atoms with Crippen molar-refractivity contribution in [3.05, 3.63) is 70.2 Å². The molecule has 1 unspecified atom stereocenters. The van der Waals surface area contributed by atoms with Gasteiger partial charge in [-0.3, -0.25) is 19.5 Å². The lowest BCUT2D eigenvalue weighted by atomic mass is 9.96. The van der Waals surface area contributed by atoms with E-state index in [4.69, 9.17) is 11.6 Å². The van der Waals surface area contributed by atoms with Gasteiger partial charge in [-0.1, -0.05) is 30.7 Å². The van der Waals surface area contributed by atoms with Gasteiger partial charge in [0.05, 0.1) is 11.6 Å². The summed E-state index contributed by atoms with van der Waals surface area (Å²) >= 11 is 6.20. The first kappa shape index (κ1) is 17.2. The molecule has 3 rings (SSSR count). The zero-order valence-electron chi connectivity index (χ0n) is 13.9. The molecule has 1 amide bonds. The molecule has 0 bridgehead atoms. The summed E-state index contributed by atoms with van der Waals surface area (Å²) < 4.78 is 0. The molecule has 1 aromatic heterocycles. The standard InChI is InChI=1S/C19H17ClN2O3/c1-3-15(23)16-17(12-5-4-8-21-10-12)22(19(25)18(16)24)13-7-6-11(2)14(20)9-13/h4-10,17,24H,3H2,1-2H3. The molecule has 2 heterocycles. The van der Waals surface area contributed by atoms with Crippen LogP contribution in [-0.2, 0) is 9.59 Å². The quantitative estimate of drug-likeness (QED) is 0.901. The van der Waals surface area contributed by atoms with Crippen molar-refractivity contribution >= 4 is 29.0 Å². The van der Waals surface area contributed by atoms with E-state index in [1.165, 1.54) is 4.90 Å². The number of hydrogen-bond donors (Lipinski definition) is 1. The van der Waals surface area contributed by atoms with Gasteiger partial charge in [0, 0.05) is 29.5 Å². The fraction of sp³-hybridized carbons (Fsp3) is 0.211. The summed E-state index contributed by atoms with van der Waals surface area (Å²) in [5.74, 6) is -1.41. The first-order valence-electron chi connectivity index (χ1n) is 7.91. The Morgan fingerprint density at radius 3 is 2.72 bits per heavy atom. The molecule has 1 N–H and O–H groups in total. The van der Waals surface area contributed by atoms with E-state index in [2.05, 4.69) is 4.98 Å². The van der Waals surface area contributed by atoms with Gasteiger partial charge in [-0.15, -0.1) is 0 Å². The molecule has 0 aliphatic carbocycles. The van der Waals surface area contributed by atoms with Gasteiger partial charge in [0.25, 0.3) is 5.91 Å². The van der Waals surface area contributed by atoms with Crippen LogP contribution in [0.5, 0.6) is 0 Å². The van der Waals surface area contributed by atoms with Gasteiger partial charge in [-0.25, -0.2) is 0 Å². The Labute approximate surface area is 150 Å². The van der Waals surface area contributed by atoms with Gasteiger partial charge >= 0.3 is 0 Å². The molecule has 25 heavy (non-hydrogen) atoms. The topological polar surface area (TPSA) is 70.5 Å². The number of aliphatic hydroxyl groups excluding tert-OH is 1. The van der Waals surface area contributed by atoms with Crippen molar-refractivity contribution in [3.63, 3.8) is 0 Å². The second-order valence-electron chi connectivity index (χ2n) is 5.84. The number of carbonyl (C=O) groups is 2. The smallest absolute Gasteiger partial charge is 0.294 e. The summed E-state index contributed by atoms with van der Waals surface area (Å²) in [4.78, 5) is 30.6. The highest BCUT2D eigenvalue weighted by molar-refractivity contribution is 6.31. The van der Waals surface area contributed by atoms with Crippen LogP contribution < -0.4 is 4.90 Å². The van der Waals surface area contributed by atoms with Gasteiger partial charge in [-0.2, -0.15) is 0 Å². The summed E-state index contributed by atoms with van der Waals surface area (Å²) in [5.41, 5.74) is 2.13. The number of amides is 1. The van der Waals surface area contributed by atoms with Gasteiger partial charge in [0.15, 0.2) is 11.5 Å². The van der Waals surface area contributed by atoms with Gasteiger partial charge in [0.1, 0.15) is 0 Å². The van der Waals surface area contributed by atoms with E-state index in [9.17, 15) is 14.7 Å². The maximum absolute atomic E-state index is 12.7. The second kappa shape index (κ2) is 6.69. The van der Waals surface area contributed by atoms with Crippen LogP contribution in [0.15, 0.2) is 54.1 Å². The van der Waals surface area contributed by atoms with Crippen molar-refractivity contribution in [2.24, 2.45) is 0 Å². The van der Waals surface area contributed by atoms with Crippen LogP contribution >= 0.6 is 11.6 Å². The van der Waals surface area contributed by atoms with E-state index in [0.29, 0.717) is 16.3 Å². The number of aryl methyl sites for hydroxylation is 1. The first-order valence-corrected chi connectivity index (χ1v) is 8.29. The number of Topliss-reactive ketones (excluding diaryl/α,β-unsaturated/α-hetero) is 1. The summed E-state index contributed by atoms with van der Waals surface area (Å²) in [6.07, 6.45) is 3.38. The molecule has 6 heteroatoms. The maximum atomic E-state index is 12.7. The first-order chi connectivity index (χ1) is 12.0. The van der Waals surface area contributed by atoms with Crippen LogP contribution in [0.3, 0.4) is 0 Å². The third kappa shape index (κ3) is 2.91. The number of carbonyl (C=O) groups excluding carboxylic acids is 2. The highest BCUT2D eigenvalue weighted by Crippen LogP contribution is 2.41. The normalized spacial score (nSPS) is 17.3. The fourth-order valence-electron chi connectivity index (χ4n) is 2.93. The Morgan fingerprint density at radius 1 is 1.36 bits per heavy atom. The van der Waals surface area contributed by atoms with Gasteiger partial charge in [-0.05, 0) is 36.2 Å². The molecular formula is C19H17ClN2O3. The molecule has 2 aromatic rings. The number of pyridine rings is 1. The predicted molar refractivity (Wildman–Crippen MR) is 95.6 cm³/mol. The fourth-order valence-corrected chi connectivity index (χ4v) is 3.11. The van der Waals surface area contributed by atoms with E-state index in [1.54, 1.807) is 49.6 Å². The van der Waals surface area contributed by atoms with Crippen molar-refractivity contribution in [1.82, 2.24) is 4.98 Å². The molecule has 1 aliphatic heterocycles. The van der Waals surface area contributed by atoms with Crippen molar-refractivity contribution in [2.75, 3.05) is 4.90 Å². The Balaban J connectivity index is 2.18. The van der Waals surface area contributed by atoms with Crippen LogP contribution in [0.1, 0.15) is 30.5 Å². The largest absolute Gasteiger partial charge is 0.503 e. The van der Waals surface area contributed by atoms with Crippen molar-refractivity contribution in [2.45, 2.75) is 26.3 Å².